The zero-order valence-electron chi connectivity index (χ0n) is 10.8. The van der Waals surface area contributed by atoms with Crippen LogP contribution in [0, 0.1) is 5.82 Å². The molecule has 5 heteroatoms. The maximum Gasteiger partial charge on any atom is 0.178 e. The minimum Gasteiger partial charge on any atom is -0.296 e. The monoisotopic (exact) mass is 280 g/mol. The number of carbonyl (C=O) groups is 1. The van der Waals surface area contributed by atoms with Gasteiger partial charge >= 0.3 is 0 Å². The van der Waals surface area contributed by atoms with Crippen LogP contribution in [0.25, 0.3) is 5.69 Å². The zero-order chi connectivity index (χ0) is 14.0. The average molecular weight is 281 g/mol. The fraction of sp³-hybridized carbons (Fsp3) is 0.286. The Bertz CT molecular complexity index is 622. The highest BCUT2D eigenvalue weighted by Crippen LogP contribution is 2.22. The van der Waals surface area contributed by atoms with Crippen molar-refractivity contribution in [3.8, 4) is 5.69 Å². The smallest absolute Gasteiger partial charge is 0.178 e. The van der Waals surface area contributed by atoms with Crippen molar-refractivity contribution >= 4 is 17.4 Å². The van der Waals surface area contributed by atoms with Gasteiger partial charge in [0.2, 0.25) is 0 Å². The molecule has 0 saturated heterocycles. The van der Waals surface area contributed by atoms with E-state index in [4.69, 9.17) is 11.6 Å². The van der Waals surface area contributed by atoms with Crippen LogP contribution < -0.4 is 0 Å². The van der Waals surface area contributed by atoms with Gasteiger partial charge < -0.3 is 0 Å². The third kappa shape index (κ3) is 2.68. The summed E-state index contributed by atoms with van der Waals surface area (Å²) in [7, 11) is 0. The van der Waals surface area contributed by atoms with Crippen LogP contribution in [0.5, 0.6) is 0 Å². The van der Waals surface area contributed by atoms with E-state index in [0.717, 1.165) is 18.5 Å². The second-order valence-electron chi connectivity index (χ2n) is 4.31. The molecule has 1 aromatic carbocycles. The topological polar surface area (TPSA) is 34.9 Å². The molecule has 0 atom stereocenters. The molecule has 0 spiro atoms. The Labute approximate surface area is 116 Å². The molecule has 3 nitrogen and oxygen atoms in total. The Hall–Kier alpha value is -1.68. The first kappa shape index (κ1) is 13.7. The normalized spacial score (nSPS) is 10.7. The standard InChI is InChI=1S/C14H14ClFN2O/c1-3-4-13-14(9(2)19)18(8-17-13)10-5-6-12(16)11(15)7-10/h5-8H,3-4H2,1-2H3. The quantitative estimate of drug-likeness (QED) is 0.798. The van der Waals surface area contributed by atoms with E-state index in [1.54, 1.807) is 17.0 Å². The molecular formula is C14H14ClFN2O. The van der Waals surface area contributed by atoms with Crippen molar-refractivity contribution < 1.29 is 9.18 Å². The van der Waals surface area contributed by atoms with Gasteiger partial charge in [0.25, 0.3) is 0 Å². The van der Waals surface area contributed by atoms with Crippen LogP contribution in [0.4, 0.5) is 4.39 Å². The molecule has 0 saturated carbocycles. The molecule has 0 unspecified atom stereocenters. The van der Waals surface area contributed by atoms with Crippen LogP contribution in [0.1, 0.15) is 36.5 Å². The summed E-state index contributed by atoms with van der Waals surface area (Å²) in [5.74, 6) is -0.551. The number of imidazole rings is 1. The van der Waals surface area contributed by atoms with Crippen molar-refractivity contribution in [1.29, 1.82) is 0 Å². The molecule has 0 radical (unpaired) electrons. The van der Waals surface area contributed by atoms with Gasteiger partial charge in [-0.2, -0.15) is 0 Å². The molecule has 0 aliphatic heterocycles. The minimum atomic E-state index is -0.483. The number of benzene rings is 1. The third-order valence-electron chi connectivity index (χ3n) is 2.84. The third-order valence-corrected chi connectivity index (χ3v) is 3.13. The number of Topliss-reactive ketones (excluding diaryl/α,β-unsaturated/α-hetero) is 1. The van der Waals surface area contributed by atoms with E-state index in [-0.39, 0.29) is 10.8 Å². The number of ketones is 1. The Balaban J connectivity index is 2.55. The zero-order valence-corrected chi connectivity index (χ0v) is 11.5. The van der Waals surface area contributed by atoms with Crippen molar-refractivity contribution in [2.75, 3.05) is 0 Å². The highest BCUT2D eigenvalue weighted by molar-refractivity contribution is 6.30. The first-order valence-corrected chi connectivity index (χ1v) is 6.45. The lowest BCUT2D eigenvalue weighted by Gasteiger charge is -2.08. The Kier molecular flexibility index (Phi) is 4.00. The van der Waals surface area contributed by atoms with Crippen LogP contribution >= 0.6 is 11.6 Å². The summed E-state index contributed by atoms with van der Waals surface area (Å²) < 4.78 is 14.8. The van der Waals surface area contributed by atoms with E-state index in [1.807, 2.05) is 6.92 Å². The molecule has 2 rings (SSSR count). The first-order valence-electron chi connectivity index (χ1n) is 6.07. The number of hydrogen-bond acceptors (Lipinski definition) is 2. The molecule has 100 valence electrons. The summed E-state index contributed by atoms with van der Waals surface area (Å²) in [4.78, 5) is 16.0. The molecule has 2 aromatic rings. The van der Waals surface area contributed by atoms with Gasteiger partial charge in [0.1, 0.15) is 17.8 Å². The molecule has 1 aromatic heterocycles. The van der Waals surface area contributed by atoms with Gasteiger partial charge in [-0.05, 0) is 24.6 Å². The molecule has 0 N–H and O–H groups in total. The molecule has 0 bridgehead atoms. The number of aryl methyl sites for hydroxylation is 1. The van der Waals surface area contributed by atoms with Gasteiger partial charge in [-0.25, -0.2) is 9.37 Å². The van der Waals surface area contributed by atoms with Crippen LogP contribution in [0.3, 0.4) is 0 Å². The van der Waals surface area contributed by atoms with E-state index in [9.17, 15) is 9.18 Å². The fourth-order valence-corrected chi connectivity index (χ4v) is 2.18. The number of halogens is 2. The van der Waals surface area contributed by atoms with Crippen molar-refractivity contribution in [2.24, 2.45) is 0 Å². The van der Waals surface area contributed by atoms with Gasteiger partial charge in [-0.1, -0.05) is 24.9 Å². The van der Waals surface area contributed by atoms with E-state index in [2.05, 4.69) is 4.98 Å². The minimum absolute atomic E-state index is 0.0257. The maximum absolute atomic E-state index is 13.2. The summed E-state index contributed by atoms with van der Waals surface area (Å²) in [5, 5.41) is 0.0257. The summed E-state index contributed by atoms with van der Waals surface area (Å²) in [6.45, 7) is 3.52. The van der Waals surface area contributed by atoms with E-state index in [1.165, 1.54) is 19.1 Å². The van der Waals surface area contributed by atoms with Crippen LogP contribution in [0.15, 0.2) is 24.5 Å². The van der Waals surface area contributed by atoms with Gasteiger partial charge in [0, 0.05) is 12.6 Å². The predicted octanol–water partition coefficient (Wildman–Crippen LogP) is 3.82. The summed E-state index contributed by atoms with van der Waals surface area (Å²) in [5.41, 5.74) is 1.92. The van der Waals surface area contributed by atoms with Crippen molar-refractivity contribution in [3.63, 3.8) is 0 Å². The van der Waals surface area contributed by atoms with Crippen molar-refractivity contribution in [2.45, 2.75) is 26.7 Å². The van der Waals surface area contributed by atoms with Gasteiger partial charge in [0.15, 0.2) is 5.78 Å². The fourth-order valence-electron chi connectivity index (χ4n) is 2.01. The first-order chi connectivity index (χ1) is 9.04. The van der Waals surface area contributed by atoms with Crippen LogP contribution in [-0.4, -0.2) is 15.3 Å². The summed E-state index contributed by atoms with van der Waals surface area (Å²) >= 11 is 5.77. The average Bonchev–Trinajstić information content (AvgIpc) is 2.77. The molecule has 1 heterocycles. The van der Waals surface area contributed by atoms with E-state index < -0.39 is 5.82 Å². The Morgan fingerprint density at radius 2 is 2.21 bits per heavy atom. The molecule has 0 aliphatic carbocycles. The van der Waals surface area contributed by atoms with E-state index >= 15 is 0 Å². The van der Waals surface area contributed by atoms with Gasteiger partial charge in [0.05, 0.1) is 10.7 Å². The number of carbonyl (C=O) groups excluding carboxylic acids is 1. The van der Waals surface area contributed by atoms with Crippen LogP contribution in [-0.2, 0) is 6.42 Å². The Morgan fingerprint density at radius 3 is 2.79 bits per heavy atom. The lowest BCUT2D eigenvalue weighted by atomic mass is 10.1. The Morgan fingerprint density at radius 1 is 1.47 bits per heavy atom. The molecule has 0 aliphatic rings. The lowest BCUT2D eigenvalue weighted by Crippen LogP contribution is -2.06. The largest absolute Gasteiger partial charge is 0.296 e. The second-order valence-corrected chi connectivity index (χ2v) is 4.72. The number of hydrogen-bond donors (Lipinski definition) is 0. The number of rotatable bonds is 4. The predicted molar refractivity (Wildman–Crippen MR) is 72.5 cm³/mol. The number of aromatic nitrogens is 2. The van der Waals surface area contributed by atoms with Gasteiger partial charge in [-0.3, -0.25) is 9.36 Å². The van der Waals surface area contributed by atoms with Crippen molar-refractivity contribution in [3.05, 3.63) is 46.8 Å². The SMILES string of the molecule is CCCc1ncn(-c2ccc(F)c(Cl)c2)c1C(C)=O. The van der Waals surface area contributed by atoms with Crippen molar-refractivity contribution in [1.82, 2.24) is 9.55 Å². The second kappa shape index (κ2) is 5.53. The van der Waals surface area contributed by atoms with Gasteiger partial charge in [-0.15, -0.1) is 0 Å². The molecular weight excluding hydrogens is 267 g/mol. The molecule has 0 amide bonds. The molecule has 0 fully saturated rings. The molecule has 19 heavy (non-hydrogen) atoms. The summed E-state index contributed by atoms with van der Waals surface area (Å²) in [6, 6.07) is 4.34. The highest BCUT2D eigenvalue weighted by atomic mass is 35.5. The highest BCUT2D eigenvalue weighted by Gasteiger charge is 2.16. The maximum atomic E-state index is 13.2. The lowest BCUT2D eigenvalue weighted by molar-refractivity contribution is 0.101. The number of nitrogens with zero attached hydrogens (tertiary/aromatic N) is 2. The van der Waals surface area contributed by atoms with Crippen LogP contribution in [0.2, 0.25) is 5.02 Å². The van der Waals surface area contributed by atoms with E-state index in [0.29, 0.717) is 11.4 Å². The summed E-state index contributed by atoms with van der Waals surface area (Å²) in [6.07, 6.45) is 3.21.